The first-order valence-electron chi connectivity index (χ1n) is 5.64. The van der Waals surface area contributed by atoms with E-state index in [1.54, 1.807) is 19.9 Å². The van der Waals surface area contributed by atoms with Gasteiger partial charge < -0.3 is 10.2 Å². The van der Waals surface area contributed by atoms with Gasteiger partial charge in [0, 0.05) is 0 Å². The molecule has 0 saturated heterocycles. The van der Waals surface area contributed by atoms with Crippen LogP contribution in [0.4, 0.5) is 0 Å². The van der Waals surface area contributed by atoms with E-state index in [0.717, 1.165) is 11.1 Å². The molecular weight excluding hydrogens is 200 g/mol. The van der Waals surface area contributed by atoms with Gasteiger partial charge >= 0.3 is 0 Å². The number of phenolic OH excluding ortho intramolecular Hbond substituents is 1. The number of benzene rings is 1. The summed E-state index contributed by atoms with van der Waals surface area (Å²) in [6.07, 6.45) is 0.608. The molecule has 0 spiro atoms. The van der Waals surface area contributed by atoms with Crippen LogP contribution in [0.25, 0.3) is 0 Å². The zero-order valence-corrected chi connectivity index (χ0v) is 10.8. The molecule has 0 aliphatic heterocycles. The highest BCUT2D eigenvalue weighted by Gasteiger charge is 2.30. The van der Waals surface area contributed by atoms with Crippen molar-refractivity contribution in [2.45, 2.75) is 52.1 Å². The van der Waals surface area contributed by atoms with E-state index in [9.17, 15) is 10.2 Å². The molecular formula is C14H22O2. The smallest absolute Gasteiger partial charge is 0.119 e. The van der Waals surface area contributed by atoms with Gasteiger partial charge in [0.05, 0.1) is 5.60 Å². The molecule has 0 amide bonds. The maximum Gasteiger partial charge on any atom is 0.119 e. The van der Waals surface area contributed by atoms with Crippen molar-refractivity contribution in [1.29, 1.82) is 0 Å². The third-order valence-electron chi connectivity index (χ3n) is 2.76. The van der Waals surface area contributed by atoms with Crippen LogP contribution in [-0.4, -0.2) is 15.8 Å². The van der Waals surface area contributed by atoms with Crippen molar-refractivity contribution in [3.8, 4) is 5.75 Å². The van der Waals surface area contributed by atoms with E-state index in [2.05, 4.69) is 0 Å². The average molecular weight is 222 g/mol. The Morgan fingerprint density at radius 3 is 2.12 bits per heavy atom. The molecule has 0 saturated carbocycles. The fraction of sp³-hybridized carbons (Fsp3) is 0.571. The van der Waals surface area contributed by atoms with Gasteiger partial charge in [-0.2, -0.15) is 0 Å². The Labute approximate surface area is 97.9 Å². The number of hydrogen-bond donors (Lipinski definition) is 2. The Morgan fingerprint density at radius 1 is 1.12 bits per heavy atom. The SMILES string of the molecule is Cc1ccc(C(C)(C)CC(C)(C)O)c(O)c1. The van der Waals surface area contributed by atoms with Crippen molar-refractivity contribution < 1.29 is 10.2 Å². The first kappa shape index (κ1) is 13.0. The van der Waals surface area contributed by atoms with E-state index in [-0.39, 0.29) is 5.41 Å². The molecule has 0 aliphatic carbocycles. The summed E-state index contributed by atoms with van der Waals surface area (Å²) < 4.78 is 0. The molecule has 0 heterocycles. The quantitative estimate of drug-likeness (QED) is 0.824. The summed E-state index contributed by atoms with van der Waals surface area (Å²) in [4.78, 5) is 0. The summed E-state index contributed by atoms with van der Waals surface area (Å²) in [7, 11) is 0. The summed E-state index contributed by atoms with van der Waals surface area (Å²) >= 11 is 0. The van der Waals surface area contributed by atoms with Crippen molar-refractivity contribution >= 4 is 0 Å². The van der Waals surface area contributed by atoms with E-state index in [1.165, 1.54) is 0 Å². The third kappa shape index (κ3) is 3.24. The van der Waals surface area contributed by atoms with E-state index in [0.29, 0.717) is 12.2 Å². The highest BCUT2D eigenvalue weighted by Crippen LogP contribution is 2.37. The van der Waals surface area contributed by atoms with E-state index in [4.69, 9.17) is 0 Å². The summed E-state index contributed by atoms with van der Waals surface area (Å²) in [6, 6.07) is 5.69. The predicted molar refractivity (Wildman–Crippen MR) is 66.8 cm³/mol. The number of aromatic hydroxyl groups is 1. The van der Waals surface area contributed by atoms with Crippen molar-refractivity contribution in [2.24, 2.45) is 0 Å². The standard InChI is InChI=1S/C14H22O2/c1-10-6-7-11(12(15)8-10)13(2,3)9-14(4,5)16/h6-8,15-16H,9H2,1-5H3. The fourth-order valence-corrected chi connectivity index (χ4v) is 2.39. The monoisotopic (exact) mass is 222 g/mol. The molecule has 0 atom stereocenters. The Hall–Kier alpha value is -1.02. The van der Waals surface area contributed by atoms with Gasteiger partial charge in [0.15, 0.2) is 0 Å². The Kier molecular flexibility index (Phi) is 3.34. The van der Waals surface area contributed by atoms with Crippen molar-refractivity contribution in [3.05, 3.63) is 29.3 Å². The van der Waals surface area contributed by atoms with Gasteiger partial charge in [-0.05, 0) is 49.8 Å². The number of aryl methyl sites for hydroxylation is 1. The summed E-state index contributed by atoms with van der Waals surface area (Å²) in [5, 5.41) is 19.8. The molecule has 0 aliphatic rings. The second-order valence-electron chi connectivity index (χ2n) is 5.89. The zero-order chi connectivity index (χ0) is 12.6. The van der Waals surface area contributed by atoms with Crippen LogP contribution in [0.2, 0.25) is 0 Å². The molecule has 0 aromatic heterocycles. The number of hydrogen-bond acceptors (Lipinski definition) is 2. The largest absolute Gasteiger partial charge is 0.508 e. The molecule has 16 heavy (non-hydrogen) atoms. The fourth-order valence-electron chi connectivity index (χ4n) is 2.39. The molecule has 2 nitrogen and oxygen atoms in total. The molecule has 2 N–H and O–H groups in total. The Balaban J connectivity index is 3.07. The van der Waals surface area contributed by atoms with Gasteiger partial charge in [-0.3, -0.25) is 0 Å². The van der Waals surface area contributed by atoms with Gasteiger partial charge in [-0.25, -0.2) is 0 Å². The predicted octanol–water partition coefficient (Wildman–Crippen LogP) is 3.14. The highest BCUT2D eigenvalue weighted by atomic mass is 16.3. The lowest BCUT2D eigenvalue weighted by Crippen LogP contribution is -2.31. The lowest BCUT2D eigenvalue weighted by molar-refractivity contribution is 0.0497. The van der Waals surface area contributed by atoms with Crippen LogP contribution in [-0.2, 0) is 5.41 Å². The maximum atomic E-state index is 9.94. The van der Waals surface area contributed by atoms with Crippen LogP contribution in [0.1, 0.15) is 45.2 Å². The van der Waals surface area contributed by atoms with Crippen LogP contribution >= 0.6 is 0 Å². The molecule has 0 radical (unpaired) electrons. The lowest BCUT2D eigenvalue weighted by Gasteiger charge is -2.32. The summed E-state index contributed by atoms with van der Waals surface area (Å²) in [6.45, 7) is 9.61. The normalized spacial score (nSPS) is 12.9. The molecule has 0 fully saturated rings. The Morgan fingerprint density at radius 2 is 1.69 bits per heavy atom. The molecule has 1 rings (SSSR count). The third-order valence-corrected chi connectivity index (χ3v) is 2.76. The van der Waals surface area contributed by atoms with Crippen LogP contribution in [0.3, 0.4) is 0 Å². The number of phenols is 1. The van der Waals surface area contributed by atoms with Gasteiger partial charge in [0.2, 0.25) is 0 Å². The molecule has 1 aromatic carbocycles. The number of aliphatic hydroxyl groups is 1. The minimum Gasteiger partial charge on any atom is -0.508 e. The molecule has 2 heteroatoms. The summed E-state index contributed by atoms with van der Waals surface area (Å²) in [5.74, 6) is 0.314. The molecule has 0 unspecified atom stereocenters. The first-order chi connectivity index (χ1) is 7.12. The minimum absolute atomic E-state index is 0.240. The van der Waals surface area contributed by atoms with Gasteiger partial charge in [0.1, 0.15) is 5.75 Å². The molecule has 1 aromatic rings. The zero-order valence-electron chi connectivity index (χ0n) is 10.8. The van der Waals surface area contributed by atoms with E-state index in [1.807, 2.05) is 32.9 Å². The van der Waals surface area contributed by atoms with Gasteiger partial charge in [0.25, 0.3) is 0 Å². The van der Waals surface area contributed by atoms with Crippen LogP contribution in [0.15, 0.2) is 18.2 Å². The van der Waals surface area contributed by atoms with Crippen LogP contribution in [0, 0.1) is 6.92 Å². The van der Waals surface area contributed by atoms with Crippen molar-refractivity contribution in [1.82, 2.24) is 0 Å². The van der Waals surface area contributed by atoms with Gasteiger partial charge in [-0.1, -0.05) is 26.0 Å². The maximum absolute atomic E-state index is 9.94. The minimum atomic E-state index is -0.735. The number of rotatable bonds is 3. The average Bonchev–Trinajstić information content (AvgIpc) is 1.97. The second-order valence-corrected chi connectivity index (χ2v) is 5.89. The Bertz CT molecular complexity index is 373. The summed E-state index contributed by atoms with van der Waals surface area (Å²) in [5.41, 5.74) is 0.956. The first-order valence-corrected chi connectivity index (χ1v) is 5.64. The lowest BCUT2D eigenvalue weighted by atomic mass is 9.76. The van der Waals surface area contributed by atoms with Gasteiger partial charge in [-0.15, -0.1) is 0 Å². The van der Waals surface area contributed by atoms with Crippen LogP contribution in [0.5, 0.6) is 5.75 Å². The second kappa shape index (κ2) is 4.10. The molecule has 90 valence electrons. The van der Waals surface area contributed by atoms with Crippen LogP contribution < -0.4 is 0 Å². The van der Waals surface area contributed by atoms with E-state index >= 15 is 0 Å². The van der Waals surface area contributed by atoms with Crippen molar-refractivity contribution in [3.63, 3.8) is 0 Å². The highest BCUT2D eigenvalue weighted by molar-refractivity contribution is 5.40. The topological polar surface area (TPSA) is 40.5 Å². The molecule has 0 bridgehead atoms. The van der Waals surface area contributed by atoms with E-state index < -0.39 is 5.60 Å². The van der Waals surface area contributed by atoms with Crippen molar-refractivity contribution in [2.75, 3.05) is 0 Å².